The van der Waals surface area contributed by atoms with Gasteiger partial charge in [0.05, 0.1) is 18.2 Å². The molecule has 0 spiro atoms. The van der Waals surface area contributed by atoms with Gasteiger partial charge >= 0.3 is 0 Å². The molecule has 1 saturated carbocycles. The maximum atomic E-state index is 4.32. The molecule has 3 nitrogen and oxygen atoms in total. The first-order chi connectivity index (χ1) is 8.43. The van der Waals surface area contributed by atoms with E-state index in [1.807, 2.05) is 12.5 Å². The van der Waals surface area contributed by atoms with Crippen molar-refractivity contribution in [1.82, 2.24) is 9.55 Å². The predicted molar refractivity (Wildman–Crippen MR) is 68.1 cm³/mol. The first kappa shape index (κ1) is 9.28. The van der Waals surface area contributed by atoms with E-state index in [1.54, 1.807) is 0 Å². The Balaban J connectivity index is 1.88. The lowest BCUT2D eigenvalue weighted by molar-refractivity contribution is 0.748. The highest BCUT2D eigenvalue weighted by molar-refractivity contribution is 5.80. The number of benzene rings is 1. The van der Waals surface area contributed by atoms with Gasteiger partial charge in [-0.1, -0.05) is 18.2 Å². The van der Waals surface area contributed by atoms with Crippen LogP contribution >= 0.6 is 0 Å². The quantitative estimate of drug-likeness (QED) is 0.851. The smallest absolute Gasteiger partial charge is 0.0953 e. The fourth-order valence-corrected chi connectivity index (χ4v) is 2.71. The lowest BCUT2D eigenvalue weighted by atomic mass is 10.1. The molecule has 0 atom stereocenters. The lowest BCUT2D eigenvalue weighted by Gasteiger charge is -2.11. The molecule has 2 aromatic rings. The van der Waals surface area contributed by atoms with Crippen LogP contribution in [0.5, 0.6) is 0 Å². The number of imidazole rings is 1. The number of rotatable bonds is 2. The molecule has 0 unspecified atom stereocenters. The lowest BCUT2D eigenvalue weighted by Crippen LogP contribution is -1.98. The number of aromatic nitrogens is 2. The van der Waals surface area contributed by atoms with Gasteiger partial charge in [-0.25, -0.2) is 4.98 Å². The van der Waals surface area contributed by atoms with E-state index in [1.165, 1.54) is 35.3 Å². The summed E-state index contributed by atoms with van der Waals surface area (Å²) in [5, 5.41) is 3.50. The van der Waals surface area contributed by atoms with Crippen LogP contribution in [0.1, 0.15) is 24.4 Å². The molecule has 2 aliphatic rings. The van der Waals surface area contributed by atoms with Crippen LogP contribution in [0.2, 0.25) is 0 Å². The van der Waals surface area contributed by atoms with Gasteiger partial charge in [0, 0.05) is 23.8 Å². The molecule has 4 rings (SSSR count). The number of hydrogen-bond donors (Lipinski definition) is 1. The topological polar surface area (TPSA) is 29.9 Å². The average Bonchev–Trinajstić information content (AvgIpc) is 2.92. The zero-order valence-corrected chi connectivity index (χ0v) is 9.69. The minimum atomic E-state index is 0.685. The zero-order valence-electron chi connectivity index (χ0n) is 9.69. The van der Waals surface area contributed by atoms with E-state index in [-0.39, 0.29) is 0 Å². The summed E-state index contributed by atoms with van der Waals surface area (Å²) < 4.78 is 2.33. The van der Waals surface area contributed by atoms with Gasteiger partial charge in [0.25, 0.3) is 0 Å². The highest BCUT2D eigenvalue weighted by Crippen LogP contribution is 2.41. The van der Waals surface area contributed by atoms with E-state index in [0.717, 1.165) is 13.0 Å². The summed E-state index contributed by atoms with van der Waals surface area (Å²) in [7, 11) is 0. The third-order valence-electron chi connectivity index (χ3n) is 3.73. The highest BCUT2D eigenvalue weighted by Gasteiger charge is 2.27. The number of nitrogens with zero attached hydrogens (tertiary/aromatic N) is 2. The number of nitrogens with one attached hydrogen (secondary N) is 1. The molecule has 0 saturated heterocycles. The van der Waals surface area contributed by atoms with Crippen molar-refractivity contribution in [1.29, 1.82) is 0 Å². The molecule has 2 heterocycles. The molecule has 1 aliphatic heterocycles. The van der Waals surface area contributed by atoms with Crippen LogP contribution in [-0.2, 0) is 6.42 Å². The number of fused-ring (bicyclic) bond motifs is 1. The molecule has 3 heteroatoms. The van der Waals surface area contributed by atoms with Crippen molar-refractivity contribution in [3.63, 3.8) is 0 Å². The first-order valence-corrected chi connectivity index (χ1v) is 6.31. The SMILES string of the molecule is c1cc2c(c(-c3cncn3C3CC3)c1)NCC2. The summed E-state index contributed by atoms with van der Waals surface area (Å²) in [6.45, 7) is 1.06. The second kappa shape index (κ2) is 3.36. The van der Waals surface area contributed by atoms with E-state index in [0.29, 0.717) is 6.04 Å². The summed E-state index contributed by atoms with van der Waals surface area (Å²) in [5.41, 5.74) is 5.32. The van der Waals surface area contributed by atoms with Crippen molar-refractivity contribution in [3.05, 3.63) is 36.3 Å². The Bertz CT molecular complexity index is 567. The van der Waals surface area contributed by atoms with Crippen LogP contribution in [0, 0.1) is 0 Å². The Kier molecular flexibility index (Phi) is 1.83. The second-order valence-corrected chi connectivity index (χ2v) is 4.93. The van der Waals surface area contributed by atoms with Gasteiger partial charge in [-0.05, 0) is 24.8 Å². The summed E-state index contributed by atoms with van der Waals surface area (Å²) >= 11 is 0. The maximum absolute atomic E-state index is 4.32. The molecule has 1 aromatic heterocycles. The van der Waals surface area contributed by atoms with Gasteiger partial charge < -0.3 is 9.88 Å². The van der Waals surface area contributed by atoms with E-state index in [9.17, 15) is 0 Å². The number of anilines is 1. The fourth-order valence-electron chi connectivity index (χ4n) is 2.71. The molecule has 1 aliphatic carbocycles. The molecule has 86 valence electrons. The summed E-state index contributed by atoms with van der Waals surface area (Å²) in [4.78, 5) is 4.32. The summed E-state index contributed by atoms with van der Waals surface area (Å²) in [5.74, 6) is 0. The Morgan fingerprint density at radius 2 is 2.24 bits per heavy atom. The van der Waals surface area contributed by atoms with Crippen molar-refractivity contribution < 1.29 is 0 Å². The van der Waals surface area contributed by atoms with Gasteiger partial charge in [-0.2, -0.15) is 0 Å². The average molecular weight is 225 g/mol. The Labute approximate surface area is 100 Å². The highest BCUT2D eigenvalue weighted by atomic mass is 15.1. The zero-order chi connectivity index (χ0) is 11.2. The molecule has 0 radical (unpaired) electrons. The van der Waals surface area contributed by atoms with Crippen molar-refractivity contribution in [2.45, 2.75) is 25.3 Å². The monoisotopic (exact) mass is 225 g/mol. The van der Waals surface area contributed by atoms with Crippen molar-refractivity contribution in [2.24, 2.45) is 0 Å². The fraction of sp³-hybridized carbons (Fsp3) is 0.357. The van der Waals surface area contributed by atoms with Crippen LogP contribution < -0.4 is 5.32 Å². The number of hydrogen-bond acceptors (Lipinski definition) is 2. The summed E-state index contributed by atoms with van der Waals surface area (Å²) in [6, 6.07) is 7.26. The van der Waals surface area contributed by atoms with Crippen LogP contribution in [0.4, 0.5) is 5.69 Å². The Hall–Kier alpha value is -1.77. The minimum Gasteiger partial charge on any atom is -0.384 e. The van der Waals surface area contributed by atoms with Crippen molar-refractivity contribution in [2.75, 3.05) is 11.9 Å². The van der Waals surface area contributed by atoms with Crippen molar-refractivity contribution in [3.8, 4) is 11.3 Å². The third-order valence-corrected chi connectivity index (χ3v) is 3.73. The molecule has 1 fully saturated rings. The number of para-hydroxylation sites is 1. The molecule has 0 amide bonds. The Morgan fingerprint density at radius 1 is 1.29 bits per heavy atom. The largest absolute Gasteiger partial charge is 0.384 e. The van der Waals surface area contributed by atoms with E-state index in [4.69, 9.17) is 0 Å². The van der Waals surface area contributed by atoms with Gasteiger partial charge in [0.2, 0.25) is 0 Å². The molecular formula is C14H15N3. The third kappa shape index (κ3) is 1.38. The first-order valence-electron chi connectivity index (χ1n) is 6.31. The standard InChI is InChI=1S/C14H15N3/c1-2-10-6-7-16-14(10)12(3-1)13-8-15-9-17(13)11-4-5-11/h1-3,8-9,11,16H,4-7H2. The summed E-state index contributed by atoms with van der Waals surface area (Å²) in [6.07, 6.45) is 7.70. The van der Waals surface area contributed by atoms with Crippen LogP contribution in [0.15, 0.2) is 30.7 Å². The minimum absolute atomic E-state index is 0.685. The Morgan fingerprint density at radius 3 is 3.12 bits per heavy atom. The van der Waals surface area contributed by atoms with E-state index >= 15 is 0 Å². The van der Waals surface area contributed by atoms with Crippen LogP contribution in [0.3, 0.4) is 0 Å². The molecule has 17 heavy (non-hydrogen) atoms. The van der Waals surface area contributed by atoms with Gasteiger partial charge in [-0.15, -0.1) is 0 Å². The van der Waals surface area contributed by atoms with Crippen molar-refractivity contribution >= 4 is 5.69 Å². The molecule has 1 aromatic carbocycles. The maximum Gasteiger partial charge on any atom is 0.0953 e. The predicted octanol–water partition coefficient (Wildman–Crippen LogP) is 2.85. The molecule has 1 N–H and O–H groups in total. The van der Waals surface area contributed by atoms with Gasteiger partial charge in [-0.3, -0.25) is 0 Å². The van der Waals surface area contributed by atoms with Gasteiger partial charge in [0.15, 0.2) is 0 Å². The second-order valence-electron chi connectivity index (χ2n) is 4.93. The van der Waals surface area contributed by atoms with Crippen LogP contribution in [0.25, 0.3) is 11.3 Å². The normalized spacial score (nSPS) is 17.9. The molecule has 0 bridgehead atoms. The molecular weight excluding hydrogens is 210 g/mol. The van der Waals surface area contributed by atoms with Crippen LogP contribution in [-0.4, -0.2) is 16.1 Å². The van der Waals surface area contributed by atoms with E-state index < -0.39 is 0 Å². The van der Waals surface area contributed by atoms with Gasteiger partial charge in [0.1, 0.15) is 0 Å². The van der Waals surface area contributed by atoms with E-state index in [2.05, 4.69) is 33.1 Å².